The van der Waals surface area contributed by atoms with Crippen molar-refractivity contribution in [2.24, 2.45) is 5.73 Å². The number of aromatic amines is 1. The maximum atomic E-state index is 11.6. The van der Waals surface area contributed by atoms with Gasteiger partial charge >= 0.3 is 5.97 Å². The fraction of sp³-hybridized carbons (Fsp3) is 0.286. The Balaban J connectivity index is 0.000000209. The van der Waals surface area contributed by atoms with E-state index in [9.17, 15) is 14.4 Å². The zero-order valence-corrected chi connectivity index (χ0v) is 14.2. The lowest BCUT2D eigenvalue weighted by molar-refractivity contribution is 0.0511. The topological polar surface area (TPSA) is 193 Å². The summed E-state index contributed by atoms with van der Waals surface area (Å²) < 4.78 is 14.0. The van der Waals surface area contributed by atoms with Crippen LogP contribution in [-0.4, -0.2) is 38.8 Å². The Labute approximate surface area is 145 Å². The molecule has 0 aliphatic heterocycles. The van der Waals surface area contributed by atoms with Gasteiger partial charge in [0.25, 0.3) is 17.2 Å². The number of carbonyl (C=O) groups is 2. The van der Waals surface area contributed by atoms with Crippen LogP contribution in [0.4, 0.5) is 5.88 Å². The van der Waals surface area contributed by atoms with Gasteiger partial charge in [0.1, 0.15) is 10.9 Å². The third kappa shape index (κ3) is 3.68. The highest BCUT2D eigenvalue weighted by Gasteiger charge is 2.16. The van der Waals surface area contributed by atoms with Crippen LogP contribution in [0.5, 0.6) is 0 Å². The first-order chi connectivity index (χ1) is 12.3. The van der Waals surface area contributed by atoms with Crippen molar-refractivity contribution in [1.82, 2.24) is 20.3 Å². The highest BCUT2D eigenvalue weighted by molar-refractivity contribution is 5.97. The van der Waals surface area contributed by atoms with Gasteiger partial charge in [-0.25, -0.2) is 4.79 Å². The smallest absolute Gasteiger partial charge is 0.374 e. The number of H-pyrrole nitrogens is 1. The molecule has 0 unspecified atom stereocenters. The number of rotatable bonds is 3. The minimum atomic E-state index is -0.699. The van der Waals surface area contributed by atoms with Crippen molar-refractivity contribution < 1.29 is 23.4 Å². The number of aryl methyl sites for hydroxylation is 2. The second kappa shape index (κ2) is 7.46. The van der Waals surface area contributed by atoms with Gasteiger partial charge in [0.05, 0.1) is 18.0 Å². The standard InChI is InChI=1S/C9H9N3O4.C5H7N3O2/c1-3-15-9(14)6-10-7(13)5-4(2)12-16-8(5)11-6;1-2-3(4(6)9)5(7)10-8-2/h3H2,1-2H3,(H,10,11,13);7H2,1H3,(H2,6,9). The van der Waals surface area contributed by atoms with Crippen molar-refractivity contribution in [1.29, 1.82) is 0 Å². The van der Waals surface area contributed by atoms with E-state index < -0.39 is 17.4 Å². The van der Waals surface area contributed by atoms with Gasteiger partial charge in [-0.2, -0.15) is 4.98 Å². The molecule has 3 aromatic heterocycles. The monoisotopic (exact) mass is 364 g/mol. The number of nitrogens with one attached hydrogen (secondary N) is 1. The SMILES string of the molecule is CCOC(=O)c1nc2onc(C)c2c(=O)[nH]1.Cc1noc(N)c1C(N)=O. The number of fused-ring (bicyclic) bond motifs is 1. The summed E-state index contributed by atoms with van der Waals surface area (Å²) in [5.41, 5.74) is 10.7. The molecule has 0 radical (unpaired) electrons. The fourth-order valence-electron chi connectivity index (χ4n) is 1.98. The zero-order chi connectivity index (χ0) is 19.4. The van der Waals surface area contributed by atoms with Crippen molar-refractivity contribution in [3.8, 4) is 0 Å². The quantitative estimate of drug-likeness (QED) is 0.535. The molecule has 138 valence electrons. The number of nitrogen functional groups attached to an aromatic ring is 1. The number of hydrogen-bond acceptors (Lipinski definition) is 10. The van der Waals surface area contributed by atoms with E-state index in [2.05, 4.69) is 24.8 Å². The molecule has 1 amide bonds. The van der Waals surface area contributed by atoms with Gasteiger partial charge in [0, 0.05) is 0 Å². The zero-order valence-electron chi connectivity index (χ0n) is 14.2. The molecule has 12 nitrogen and oxygen atoms in total. The Bertz CT molecular complexity index is 997. The first-order valence-electron chi connectivity index (χ1n) is 7.31. The van der Waals surface area contributed by atoms with Crippen LogP contribution in [-0.2, 0) is 4.74 Å². The number of nitrogens with two attached hydrogens (primary N) is 2. The maximum Gasteiger partial charge on any atom is 0.374 e. The predicted molar refractivity (Wildman–Crippen MR) is 87.3 cm³/mol. The van der Waals surface area contributed by atoms with Gasteiger partial charge < -0.3 is 30.2 Å². The molecule has 12 heteroatoms. The fourth-order valence-corrected chi connectivity index (χ4v) is 1.98. The average molecular weight is 364 g/mol. The van der Waals surface area contributed by atoms with Gasteiger partial charge in [-0.1, -0.05) is 10.3 Å². The Morgan fingerprint density at radius 3 is 2.35 bits per heavy atom. The van der Waals surface area contributed by atoms with Gasteiger partial charge in [0.2, 0.25) is 11.7 Å². The van der Waals surface area contributed by atoms with E-state index in [0.717, 1.165) is 0 Å². The van der Waals surface area contributed by atoms with Gasteiger partial charge in [-0.3, -0.25) is 9.59 Å². The summed E-state index contributed by atoms with van der Waals surface area (Å²) in [6, 6.07) is 0. The summed E-state index contributed by atoms with van der Waals surface area (Å²) >= 11 is 0. The Kier molecular flexibility index (Phi) is 5.35. The van der Waals surface area contributed by atoms with Crippen LogP contribution in [0.3, 0.4) is 0 Å². The van der Waals surface area contributed by atoms with Crippen LogP contribution in [0.15, 0.2) is 13.8 Å². The summed E-state index contributed by atoms with van der Waals surface area (Å²) in [7, 11) is 0. The minimum Gasteiger partial charge on any atom is -0.460 e. The van der Waals surface area contributed by atoms with E-state index in [0.29, 0.717) is 11.4 Å². The van der Waals surface area contributed by atoms with Crippen molar-refractivity contribution in [3.05, 3.63) is 33.1 Å². The van der Waals surface area contributed by atoms with Gasteiger partial charge in [0.15, 0.2) is 0 Å². The molecule has 0 saturated heterocycles. The molecule has 0 atom stereocenters. The Morgan fingerprint density at radius 2 is 1.85 bits per heavy atom. The number of nitrogens with zero attached hydrogens (tertiary/aromatic N) is 3. The summed E-state index contributed by atoms with van der Waals surface area (Å²) in [4.78, 5) is 39.6. The summed E-state index contributed by atoms with van der Waals surface area (Å²) in [5.74, 6) is -1.52. The number of aromatic nitrogens is 4. The number of carbonyl (C=O) groups excluding carboxylic acids is 2. The molecule has 5 N–H and O–H groups in total. The highest BCUT2D eigenvalue weighted by Crippen LogP contribution is 2.13. The van der Waals surface area contributed by atoms with Crippen molar-refractivity contribution >= 4 is 28.9 Å². The molecule has 0 aliphatic carbocycles. The van der Waals surface area contributed by atoms with Crippen molar-refractivity contribution in [2.45, 2.75) is 20.8 Å². The molecule has 3 heterocycles. The molecule has 0 spiro atoms. The highest BCUT2D eigenvalue weighted by atomic mass is 16.5. The lowest BCUT2D eigenvalue weighted by atomic mass is 10.2. The van der Waals surface area contributed by atoms with Crippen LogP contribution < -0.4 is 17.0 Å². The second-order valence-corrected chi connectivity index (χ2v) is 4.95. The molecule has 0 fully saturated rings. The largest absolute Gasteiger partial charge is 0.460 e. The van der Waals surface area contributed by atoms with E-state index in [1.807, 2.05) is 0 Å². The van der Waals surface area contributed by atoms with E-state index in [1.165, 1.54) is 0 Å². The number of anilines is 1. The molecule has 0 aliphatic rings. The third-order valence-electron chi connectivity index (χ3n) is 3.12. The number of amides is 1. The molecule has 3 rings (SSSR count). The molecule has 3 aromatic rings. The lowest BCUT2D eigenvalue weighted by Crippen LogP contribution is -2.17. The van der Waals surface area contributed by atoms with Crippen LogP contribution >= 0.6 is 0 Å². The van der Waals surface area contributed by atoms with Crippen LogP contribution in [0.25, 0.3) is 11.1 Å². The lowest BCUT2D eigenvalue weighted by Gasteiger charge is -1.99. The van der Waals surface area contributed by atoms with Gasteiger partial charge in [-0.05, 0) is 20.8 Å². The van der Waals surface area contributed by atoms with Crippen molar-refractivity contribution in [3.63, 3.8) is 0 Å². The molecule has 0 aromatic carbocycles. The third-order valence-corrected chi connectivity index (χ3v) is 3.12. The Hall–Kier alpha value is -3.70. The number of esters is 1. The van der Waals surface area contributed by atoms with E-state index >= 15 is 0 Å². The predicted octanol–water partition coefficient (Wildman–Crippen LogP) is 0.0603. The minimum absolute atomic E-state index is 0.0231. The maximum absolute atomic E-state index is 11.6. The van der Waals surface area contributed by atoms with Gasteiger partial charge in [-0.15, -0.1) is 0 Å². The number of hydrogen-bond donors (Lipinski definition) is 3. The number of primary amides is 1. The van der Waals surface area contributed by atoms with Crippen molar-refractivity contribution in [2.75, 3.05) is 12.3 Å². The van der Waals surface area contributed by atoms with Crippen LogP contribution in [0.1, 0.15) is 39.3 Å². The van der Waals surface area contributed by atoms with E-state index in [4.69, 9.17) is 20.7 Å². The first kappa shape index (κ1) is 18.6. The first-order valence-corrected chi connectivity index (χ1v) is 7.31. The molecule has 0 saturated carbocycles. The normalized spacial score (nSPS) is 10.3. The van der Waals surface area contributed by atoms with E-state index in [1.54, 1.807) is 20.8 Å². The summed E-state index contributed by atoms with van der Waals surface area (Å²) in [5, 5.41) is 7.27. The Morgan fingerprint density at radius 1 is 1.19 bits per heavy atom. The number of ether oxygens (including phenoxy) is 1. The van der Waals surface area contributed by atoms with Crippen LogP contribution in [0, 0.1) is 13.8 Å². The van der Waals surface area contributed by atoms with Crippen LogP contribution in [0.2, 0.25) is 0 Å². The average Bonchev–Trinajstić information content (AvgIpc) is 3.11. The molecular formula is C14H16N6O6. The molecule has 0 bridgehead atoms. The van der Waals surface area contributed by atoms with E-state index in [-0.39, 0.29) is 35.0 Å². The summed E-state index contributed by atoms with van der Waals surface area (Å²) in [6.45, 7) is 5.08. The molecular weight excluding hydrogens is 348 g/mol. The molecule has 26 heavy (non-hydrogen) atoms. The second-order valence-electron chi connectivity index (χ2n) is 4.95. The summed E-state index contributed by atoms with van der Waals surface area (Å²) in [6.07, 6.45) is 0.